The van der Waals surface area contributed by atoms with Gasteiger partial charge in [-0.1, -0.05) is 19.1 Å². The van der Waals surface area contributed by atoms with E-state index in [2.05, 4.69) is 39.1 Å². The van der Waals surface area contributed by atoms with Crippen molar-refractivity contribution in [2.45, 2.75) is 45.9 Å². The molecule has 21 heavy (non-hydrogen) atoms. The van der Waals surface area contributed by atoms with Gasteiger partial charge in [0.05, 0.1) is 0 Å². The molecule has 112 valence electrons. The largest absolute Gasteiger partial charge is 0.486 e. The lowest BCUT2D eigenvalue weighted by molar-refractivity contribution is 0.286. The van der Waals surface area contributed by atoms with Crippen molar-refractivity contribution in [3.8, 4) is 5.75 Å². The van der Waals surface area contributed by atoms with Crippen molar-refractivity contribution < 1.29 is 4.74 Å². The molecule has 0 bridgehead atoms. The fourth-order valence-electron chi connectivity index (χ4n) is 2.64. The summed E-state index contributed by atoms with van der Waals surface area (Å²) in [6.45, 7) is 5.44. The number of aryl methyl sites for hydroxylation is 1. The Labute approximate surface area is 125 Å². The zero-order chi connectivity index (χ0) is 14.5. The Kier molecular flexibility index (Phi) is 4.50. The highest BCUT2D eigenvalue weighted by Crippen LogP contribution is 2.17. The summed E-state index contributed by atoms with van der Waals surface area (Å²) in [6, 6.07) is 8.20. The summed E-state index contributed by atoms with van der Waals surface area (Å²) in [5, 5.41) is 11.8. The Morgan fingerprint density at radius 2 is 2.24 bits per heavy atom. The first kappa shape index (κ1) is 14.1. The minimum atomic E-state index is 0.484. The van der Waals surface area contributed by atoms with E-state index in [4.69, 9.17) is 4.74 Å². The summed E-state index contributed by atoms with van der Waals surface area (Å²) in [5.41, 5.74) is 1.23. The second-order valence-corrected chi connectivity index (χ2v) is 5.36. The summed E-state index contributed by atoms with van der Waals surface area (Å²) in [4.78, 5) is 0. The Bertz CT molecular complexity index is 594. The molecule has 1 aromatic heterocycles. The number of hydrogen-bond donors (Lipinski definition) is 1. The molecule has 3 rings (SSSR count). The average molecular weight is 286 g/mol. The van der Waals surface area contributed by atoms with Crippen LogP contribution in [-0.4, -0.2) is 21.3 Å². The van der Waals surface area contributed by atoms with E-state index in [9.17, 15) is 0 Å². The molecule has 0 radical (unpaired) electrons. The van der Waals surface area contributed by atoms with Crippen molar-refractivity contribution in [2.75, 3.05) is 6.54 Å². The summed E-state index contributed by atoms with van der Waals surface area (Å²) in [6.07, 6.45) is 3.45. The molecule has 5 heteroatoms. The third-order valence-electron chi connectivity index (χ3n) is 3.78. The highest BCUT2D eigenvalue weighted by atomic mass is 16.5. The van der Waals surface area contributed by atoms with E-state index >= 15 is 0 Å². The van der Waals surface area contributed by atoms with E-state index in [1.807, 2.05) is 12.1 Å². The molecule has 0 atom stereocenters. The predicted molar refractivity (Wildman–Crippen MR) is 81.1 cm³/mol. The molecule has 2 heterocycles. The molecule has 1 aliphatic rings. The third-order valence-corrected chi connectivity index (χ3v) is 3.78. The predicted octanol–water partition coefficient (Wildman–Crippen LogP) is 2.30. The minimum Gasteiger partial charge on any atom is -0.486 e. The van der Waals surface area contributed by atoms with Gasteiger partial charge in [0, 0.05) is 19.5 Å². The van der Waals surface area contributed by atoms with Gasteiger partial charge < -0.3 is 14.6 Å². The molecule has 0 unspecified atom stereocenters. The number of benzene rings is 1. The van der Waals surface area contributed by atoms with Crippen LogP contribution >= 0.6 is 0 Å². The highest BCUT2D eigenvalue weighted by Gasteiger charge is 2.15. The van der Waals surface area contributed by atoms with Crippen molar-refractivity contribution in [1.82, 2.24) is 20.1 Å². The number of nitrogens with one attached hydrogen (secondary N) is 1. The molecule has 0 spiro atoms. The van der Waals surface area contributed by atoms with Crippen molar-refractivity contribution >= 4 is 0 Å². The van der Waals surface area contributed by atoms with Crippen molar-refractivity contribution in [3.05, 3.63) is 41.5 Å². The molecule has 2 aromatic rings. The van der Waals surface area contributed by atoms with Crippen LogP contribution in [0.3, 0.4) is 0 Å². The molecule has 5 nitrogen and oxygen atoms in total. The number of aromatic nitrogens is 3. The summed E-state index contributed by atoms with van der Waals surface area (Å²) >= 11 is 0. The van der Waals surface area contributed by atoms with Crippen LogP contribution in [0, 0.1) is 0 Å². The van der Waals surface area contributed by atoms with E-state index < -0.39 is 0 Å². The highest BCUT2D eigenvalue weighted by molar-refractivity contribution is 5.28. The minimum absolute atomic E-state index is 0.484. The van der Waals surface area contributed by atoms with Crippen LogP contribution in [0.2, 0.25) is 0 Å². The normalized spacial score (nSPS) is 14.0. The maximum absolute atomic E-state index is 5.89. The maximum atomic E-state index is 5.89. The van der Waals surface area contributed by atoms with Gasteiger partial charge >= 0.3 is 0 Å². The van der Waals surface area contributed by atoms with E-state index in [-0.39, 0.29) is 0 Å². The lowest BCUT2D eigenvalue weighted by Crippen LogP contribution is -2.14. The second-order valence-electron chi connectivity index (χ2n) is 5.36. The Balaban J connectivity index is 1.63. The topological polar surface area (TPSA) is 52.0 Å². The summed E-state index contributed by atoms with van der Waals surface area (Å²) in [5.74, 6) is 2.92. The number of hydrogen-bond acceptors (Lipinski definition) is 4. The molecular weight excluding hydrogens is 264 g/mol. The van der Waals surface area contributed by atoms with Gasteiger partial charge in [0.1, 0.15) is 18.2 Å². The SMILES string of the molecule is CCNCc1cccc(OCc2nnc3n2CCCC3)c1. The number of ether oxygens (including phenoxy) is 1. The fourth-order valence-corrected chi connectivity index (χ4v) is 2.64. The van der Waals surface area contributed by atoms with Crippen LogP contribution in [0.5, 0.6) is 5.75 Å². The Morgan fingerprint density at radius 3 is 3.14 bits per heavy atom. The first-order valence-corrected chi connectivity index (χ1v) is 7.70. The third kappa shape index (κ3) is 3.42. The summed E-state index contributed by atoms with van der Waals surface area (Å²) < 4.78 is 8.09. The standard InChI is InChI=1S/C16H22N4O/c1-2-17-11-13-6-5-7-14(10-13)21-12-16-19-18-15-8-3-4-9-20(15)16/h5-7,10,17H,2-4,8-9,11-12H2,1H3. The zero-order valence-corrected chi connectivity index (χ0v) is 12.5. The monoisotopic (exact) mass is 286 g/mol. The maximum Gasteiger partial charge on any atom is 0.171 e. The van der Waals surface area contributed by atoms with Crippen LogP contribution in [0.25, 0.3) is 0 Å². The molecule has 0 saturated carbocycles. The lowest BCUT2D eigenvalue weighted by Gasteiger charge is -2.15. The molecule has 0 amide bonds. The lowest BCUT2D eigenvalue weighted by atomic mass is 10.2. The van der Waals surface area contributed by atoms with Crippen LogP contribution < -0.4 is 10.1 Å². The molecule has 1 aliphatic heterocycles. The average Bonchev–Trinajstić information content (AvgIpc) is 2.95. The van der Waals surface area contributed by atoms with Gasteiger partial charge in [0.2, 0.25) is 0 Å². The van der Waals surface area contributed by atoms with Crippen LogP contribution in [0.4, 0.5) is 0 Å². The fraction of sp³-hybridized carbons (Fsp3) is 0.500. The first-order valence-electron chi connectivity index (χ1n) is 7.70. The molecule has 0 fully saturated rings. The van der Waals surface area contributed by atoms with Crippen molar-refractivity contribution in [3.63, 3.8) is 0 Å². The van der Waals surface area contributed by atoms with E-state index in [0.717, 1.165) is 43.5 Å². The number of rotatable bonds is 6. The van der Waals surface area contributed by atoms with Gasteiger partial charge in [-0.25, -0.2) is 0 Å². The van der Waals surface area contributed by atoms with E-state index in [1.165, 1.54) is 18.4 Å². The van der Waals surface area contributed by atoms with Gasteiger partial charge in [0.15, 0.2) is 5.82 Å². The molecule has 0 saturated heterocycles. The van der Waals surface area contributed by atoms with Crippen LogP contribution in [0.1, 0.15) is 37.0 Å². The molecule has 1 aromatic carbocycles. The smallest absolute Gasteiger partial charge is 0.171 e. The van der Waals surface area contributed by atoms with E-state index in [0.29, 0.717) is 6.61 Å². The summed E-state index contributed by atoms with van der Waals surface area (Å²) in [7, 11) is 0. The molecular formula is C16H22N4O. The van der Waals surface area contributed by atoms with Gasteiger partial charge in [-0.3, -0.25) is 0 Å². The zero-order valence-electron chi connectivity index (χ0n) is 12.5. The van der Waals surface area contributed by atoms with E-state index in [1.54, 1.807) is 0 Å². The van der Waals surface area contributed by atoms with Crippen molar-refractivity contribution in [2.24, 2.45) is 0 Å². The van der Waals surface area contributed by atoms with Gasteiger partial charge in [0.25, 0.3) is 0 Å². The number of fused-ring (bicyclic) bond motifs is 1. The first-order chi connectivity index (χ1) is 10.4. The molecule has 0 aliphatic carbocycles. The molecule has 1 N–H and O–H groups in total. The Morgan fingerprint density at radius 1 is 1.29 bits per heavy atom. The number of nitrogens with zero attached hydrogens (tertiary/aromatic N) is 3. The van der Waals surface area contributed by atoms with Crippen LogP contribution in [-0.2, 0) is 26.1 Å². The van der Waals surface area contributed by atoms with Crippen LogP contribution in [0.15, 0.2) is 24.3 Å². The van der Waals surface area contributed by atoms with Gasteiger partial charge in [-0.15, -0.1) is 10.2 Å². The van der Waals surface area contributed by atoms with Crippen molar-refractivity contribution in [1.29, 1.82) is 0 Å². The van der Waals surface area contributed by atoms with Gasteiger partial charge in [-0.05, 0) is 37.1 Å². The quantitative estimate of drug-likeness (QED) is 0.885. The Hall–Kier alpha value is -1.88. The second kappa shape index (κ2) is 6.72. The van der Waals surface area contributed by atoms with Gasteiger partial charge in [-0.2, -0.15) is 0 Å².